The van der Waals surface area contributed by atoms with Gasteiger partial charge in [-0.2, -0.15) is 0 Å². The zero-order chi connectivity index (χ0) is 13.1. The van der Waals surface area contributed by atoms with Crippen LogP contribution in [-0.4, -0.2) is 26.2 Å². The molecule has 1 aromatic rings. The molecule has 0 saturated heterocycles. The van der Waals surface area contributed by atoms with Crippen molar-refractivity contribution in [3.63, 3.8) is 0 Å². The predicted molar refractivity (Wildman–Crippen MR) is 67.9 cm³/mol. The molecule has 17 heavy (non-hydrogen) atoms. The van der Waals surface area contributed by atoms with Crippen molar-refractivity contribution in [3.05, 3.63) is 28.2 Å². The molecule has 1 aromatic carbocycles. The lowest BCUT2D eigenvalue weighted by Gasteiger charge is -2.14. The van der Waals surface area contributed by atoms with Gasteiger partial charge < -0.3 is 5.11 Å². The molecule has 4 nitrogen and oxygen atoms in total. The Labute approximate surface area is 111 Å². The maximum absolute atomic E-state index is 11.9. The van der Waals surface area contributed by atoms with Crippen LogP contribution in [0.2, 0.25) is 10.0 Å². The van der Waals surface area contributed by atoms with Gasteiger partial charge >= 0.3 is 0 Å². The van der Waals surface area contributed by atoms with Crippen LogP contribution in [0.25, 0.3) is 0 Å². The number of halogens is 2. The molecule has 0 amide bonds. The minimum atomic E-state index is -3.68. The van der Waals surface area contributed by atoms with Crippen molar-refractivity contribution in [3.8, 4) is 0 Å². The number of aliphatic hydroxyl groups excluding tert-OH is 1. The van der Waals surface area contributed by atoms with E-state index in [4.69, 9.17) is 28.3 Å². The molecule has 0 saturated carbocycles. The molecule has 1 atom stereocenters. The van der Waals surface area contributed by atoms with Crippen LogP contribution in [0.3, 0.4) is 0 Å². The van der Waals surface area contributed by atoms with Crippen LogP contribution in [-0.2, 0) is 10.0 Å². The fourth-order valence-electron chi connectivity index (χ4n) is 1.18. The molecule has 1 unspecified atom stereocenters. The lowest BCUT2D eigenvalue weighted by Crippen LogP contribution is -2.36. The first-order valence-corrected chi connectivity index (χ1v) is 7.23. The highest BCUT2D eigenvalue weighted by Gasteiger charge is 2.19. The summed E-state index contributed by atoms with van der Waals surface area (Å²) < 4.78 is 26.2. The zero-order valence-electron chi connectivity index (χ0n) is 9.15. The van der Waals surface area contributed by atoms with E-state index in [1.807, 2.05) is 0 Å². The SMILES string of the molecule is CCC(CO)NS(=O)(=O)c1ccc(Cl)c(Cl)c1. The van der Waals surface area contributed by atoms with Gasteiger partial charge in [0.25, 0.3) is 0 Å². The van der Waals surface area contributed by atoms with E-state index < -0.39 is 16.1 Å². The topological polar surface area (TPSA) is 66.4 Å². The van der Waals surface area contributed by atoms with Gasteiger partial charge in [-0.3, -0.25) is 0 Å². The van der Waals surface area contributed by atoms with Crippen LogP contribution in [0.4, 0.5) is 0 Å². The molecular weight excluding hydrogens is 285 g/mol. The van der Waals surface area contributed by atoms with E-state index in [9.17, 15) is 8.42 Å². The molecule has 0 fully saturated rings. The van der Waals surface area contributed by atoms with Gasteiger partial charge in [-0.25, -0.2) is 13.1 Å². The normalized spacial score (nSPS) is 13.6. The van der Waals surface area contributed by atoms with Crippen LogP contribution in [0, 0.1) is 0 Å². The highest BCUT2D eigenvalue weighted by atomic mass is 35.5. The van der Waals surface area contributed by atoms with E-state index >= 15 is 0 Å². The molecular formula is C10H13Cl2NO3S. The number of aliphatic hydroxyl groups is 1. The van der Waals surface area contributed by atoms with E-state index in [-0.39, 0.29) is 16.5 Å². The molecule has 96 valence electrons. The summed E-state index contributed by atoms with van der Waals surface area (Å²) in [7, 11) is -3.68. The Balaban J connectivity index is 3.01. The molecule has 1 rings (SSSR count). The average molecular weight is 298 g/mol. The van der Waals surface area contributed by atoms with Gasteiger partial charge in [0.2, 0.25) is 10.0 Å². The van der Waals surface area contributed by atoms with Crippen LogP contribution in [0.15, 0.2) is 23.1 Å². The smallest absolute Gasteiger partial charge is 0.240 e. The molecule has 0 aliphatic rings. The minimum absolute atomic E-state index is 0.0267. The monoisotopic (exact) mass is 297 g/mol. The van der Waals surface area contributed by atoms with Crippen LogP contribution in [0.5, 0.6) is 0 Å². The first-order valence-electron chi connectivity index (χ1n) is 4.99. The van der Waals surface area contributed by atoms with E-state index in [2.05, 4.69) is 4.72 Å². The van der Waals surface area contributed by atoms with Gasteiger partial charge in [0.1, 0.15) is 0 Å². The van der Waals surface area contributed by atoms with Gasteiger partial charge in [0.15, 0.2) is 0 Å². The van der Waals surface area contributed by atoms with Crippen molar-refractivity contribution in [1.82, 2.24) is 4.72 Å². The standard InChI is InChI=1S/C10H13Cl2NO3S/c1-2-7(6-14)13-17(15,16)8-3-4-9(11)10(12)5-8/h3-5,7,13-14H,2,6H2,1H3. The summed E-state index contributed by atoms with van der Waals surface area (Å²) in [6.45, 7) is 1.52. The zero-order valence-corrected chi connectivity index (χ0v) is 11.5. The lowest BCUT2D eigenvalue weighted by molar-refractivity contribution is 0.254. The Hall–Kier alpha value is -0.330. The Bertz CT molecular complexity index is 486. The summed E-state index contributed by atoms with van der Waals surface area (Å²) in [5.41, 5.74) is 0. The van der Waals surface area contributed by atoms with Gasteiger partial charge in [-0.05, 0) is 24.6 Å². The second-order valence-electron chi connectivity index (χ2n) is 3.48. The van der Waals surface area contributed by atoms with Crippen molar-refractivity contribution >= 4 is 33.2 Å². The largest absolute Gasteiger partial charge is 0.395 e. The van der Waals surface area contributed by atoms with Crippen molar-refractivity contribution in [1.29, 1.82) is 0 Å². The van der Waals surface area contributed by atoms with Crippen molar-refractivity contribution < 1.29 is 13.5 Å². The van der Waals surface area contributed by atoms with Gasteiger partial charge in [-0.1, -0.05) is 30.1 Å². The van der Waals surface area contributed by atoms with Gasteiger partial charge in [-0.15, -0.1) is 0 Å². The molecule has 7 heteroatoms. The number of rotatable bonds is 5. The summed E-state index contributed by atoms with van der Waals surface area (Å²) in [5.74, 6) is 0. The van der Waals surface area contributed by atoms with Crippen molar-refractivity contribution in [2.75, 3.05) is 6.61 Å². The molecule has 0 aliphatic heterocycles. The summed E-state index contributed by atoms with van der Waals surface area (Å²) >= 11 is 11.5. The second kappa shape index (κ2) is 6.02. The number of benzene rings is 1. The third-order valence-electron chi connectivity index (χ3n) is 2.24. The number of sulfonamides is 1. The molecule has 0 radical (unpaired) electrons. The molecule has 0 heterocycles. The predicted octanol–water partition coefficient (Wildman–Crippen LogP) is 2.04. The molecule has 2 N–H and O–H groups in total. The van der Waals surface area contributed by atoms with Crippen LogP contribution in [0.1, 0.15) is 13.3 Å². The summed E-state index contributed by atoms with van der Waals surface area (Å²) in [6.07, 6.45) is 0.497. The fourth-order valence-corrected chi connectivity index (χ4v) is 2.88. The minimum Gasteiger partial charge on any atom is -0.395 e. The maximum atomic E-state index is 11.9. The summed E-state index contributed by atoms with van der Waals surface area (Å²) in [4.78, 5) is 0.0267. The Morgan fingerprint density at radius 2 is 2.00 bits per heavy atom. The summed E-state index contributed by atoms with van der Waals surface area (Å²) in [5, 5.41) is 9.43. The van der Waals surface area contributed by atoms with Crippen molar-refractivity contribution in [2.24, 2.45) is 0 Å². The third kappa shape index (κ3) is 3.82. The second-order valence-corrected chi connectivity index (χ2v) is 6.01. The highest BCUT2D eigenvalue weighted by Crippen LogP contribution is 2.24. The lowest BCUT2D eigenvalue weighted by atomic mass is 10.3. The fraction of sp³-hybridized carbons (Fsp3) is 0.400. The number of hydrogen-bond acceptors (Lipinski definition) is 3. The van der Waals surface area contributed by atoms with Gasteiger partial charge in [0.05, 0.1) is 21.5 Å². The Kier molecular flexibility index (Phi) is 5.22. The first kappa shape index (κ1) is 14.7. The molecule has 0 spiro atoms. The first-order chi connectivity index (χ1) is 7.90. The number of hydrogen-bond donors (Lipinski definition) is 2. The molecule has 0 aromatic heterocycles. The van der Waals surface area contributed by atoms with Gasteiger partial charge in [0, 0.05) is 6.04 Å². The van der Waals surface area contributed by atoms with Crippen molar-refractivity contribution in [2.45, 2.75) is 24.3 Å². The molecule has 0 bridgehead atoms. The van der Waals surface area contributed by atoms with Crippen LogP contribution >= 0.6 is 23.2 Å². The Morgan fingerprint density at radius 3 is 2.47 bits per heavy atom. The number of nitrogens with one attached hydrogen (secondary N) is 1. The van der Waals surface area contributed by atoms with E-state index in [0.717, 1.165) is 0 Å². The quantitative estimate of drug-likeness (QED) is 0.874. The Morgan fingerprint density at radius 1 is 1.35 bits per heavy atom. The highest BCUT2D eigenvalue weighted by molar-refractivity contribution is 7.89. The van der Waals surface area contributed by atoms with E-state index in [1.165, 1.54) is 18.2 Å². The van der Waals surface area contributed by atoms with E-state index in [1.54, 1.807) is 6.92 Å². The average Bonchev–Trinajstić information content (AvgIpc) is 2.29. The van der Waals surface area contributed by atoms with E-state index in [0.29, 0.717) is 11.4 Å². The summed E-state index contributed by atoms with van der Waals surface area (Å²) in [6, 6.07) is 3.55. The molecule has 0 aliphatic carbocycles. The third-order valence-corrected chi connectivity index (χ3v) is 4.49. The maximum Gasteiger partial charge on any atom is 0.240 e. The van der Waals surface area contributed by atoms with Crippen LogP contribution < -0.4 is 4.72 Å².